The summed E-state index contributed by atoms with van der Waals surface area (Å²) in [5.74, 6) is 1.20. The van der Waals surface area contributed by atoms with Gasteiger partial charge >= 0.3 is 0 Å². The molecule has 1 aromatic carbocycles. The van der Waals surface area contributed by atoms with E-state index in [1.54, 1.807) is 0 Å². The van der Waals surface area contributed by atoms with E-state index in [1.165, 1.54) is 19.3 Å². The first-order valence-corrected chi connectivity index (χ1v) is 7.10. The van der Waals surface area contributed by atoms with E-state index in [0.717, 1.165) is 42.7 Å². The molecule has 18 heavy (non-hydrogen) atoms. The molecule has 0 atom stereocenters. The first-order chi connectivity index (χ1) is 8.81. The summed E-state index contributed by atoms with van der Waals surface area (Å²) in [6.07, 6.45) is 7.57. The predicted molar refractivity (Wildman–Crippen MR) is 73.3 cm³/mol. The third-order valence-electron chi connectivity index (χ3n) is 3.49. The molecule has 0 saturated heterocycles. The standard InChI is InChI=1S/C16H22O2/c1-2-3-4-5-11-18-14-9-10-15-13(12-14)7-6-8-16(15)17/h9-10,12H,2-8,11H2,1H3. The number of unbranched alkanes of at least 4 members (excludes halogenated alkanes) is 3. The van der Waals surface area contributed by atoms with E-state index >= 15 is 0 Å². The molecule has 0 spiro atoms. The molecule has 0 radical (unpaired) electrons. The Balaban J connectivity index is 1.88. The van der Waals surface area contributed by atoms with E-state index in [0.29, 0.717) is 6.42 Å². The summed E-state index contributed by atoms with van der Waals surface area (Å²) < 4.78 is 5.74. The van der Waals surface area contributed by atoms with Crippen LogP contribution in [0.5, 0.6) is 5.75 Å². The van der Waals surface area contributed by atoms with Crippen molar-refractivity contribution in [1.29, 1.82) is 0 Å². The quantitative estimate of drug-likeness (QED) is 0.704. The number of hydrogen-bond acceptors (Lipinski definition) is 2. The molecule has 1 aliphatic rings. The Morgan fingerprint density at radius 1 is 1.17 bits per heavy atom. The normalized spacial score (nSPS) is 14.4. The van der Waals surface area contributed by atoms with Gasteiger partial charge in [0.2, 0.25) is 0 Å². The molecule has 1 aliphatic carbocycles. The zero-order chi connectivity index (χ0) is 12.8. The number of carbonyl (C=O) groups excluding carboxylic acids is 1. The van der Waals surface area contributed by atoms with Gasteiger partial charge in [-0.15, -0.1) is 0 Å². The maximum absolute atomic E-state index is 11.7. The Labute approximate surface area is 109 Å². The van der Waals surface area contributed by atoms with Crippen LogP contribution in [0.25, 0.3) is 0 Å². The SMILES string of the molecule is CCCCCCOc1ccc2c(c1)CCCC2=O. The van der Waals surface area contributed by atoms with Gasteiger partial charge in [0.05, 0.1) is 6.61 Å². The minimum atomic E-state index is 0.283. The van der Waals surface area contributed by atoms with Crippen LogP contribution in [0.15, 0.2) is 18.2 Å². The van der Waals surface area contributed by atoms with Crippen LogP contribution >= 0.6 is 0 Å². The summed E-state index contributed by atoms with van der Waals surface area (Å²) in [7, 11) is 0. The molecule has 0 fully saturated rings. The van der Waals surface area contributed by atoms with Crippen molar-refractivity contribution in [3.63, 3.8) is 0 Å². The summed E-state index contributed by atoms with van der Waals surface area (Å²) in [4.78, 5) is 11.7. The van der Waals surface area contributed by atoms with Gasteiger partial charge in [-0.05, 0) is 43.0 Å². The molecule has 0 aromatic heterocycles. The zero-order valence-electron chi connectivity index (χ0n) is 11.2. The van der Waals surface area contributed by atoms with Crippen molar-refractivity contribution in [3.05, 3.63) is 29.3 Å². The number of rotatable bonds is 6. The maximum atomic E-state index is 11.7. The van der Waals surface area contributed by atoms with Gasteiger partial charge < -0.3 is 4.74 Å². The van der Waals surface area contributed by atoms with Crippen LogP contribution < -0.4 is 4.74 Å². The van der Waals surface area contributed by atoms with E-state index in [1.807, 2.05) is 18.2 Å². The molecule has 2 nitrogen and oxygen atoms in total. The van der Waals surface area contributed by atoms with Crippen molar-refractivity contribution in [3.8, 4) is 5.75 Å². The highest BCUT2D eigenvalue weighted by molar-refractivity contribution is 5.98. The fourth-order valence-electron chi connectivity index (χ4n) is 2.43. The largest absolute Gasteiger partial charge is 0.494 e. The summed E-state index contributed by atoms with van der Waals surface area (Å²) in [6.45, 7) is 2.99. The summed E-state index contributed by atoms with van der Waals surface area (Å²) >= 11 is 0. The van der Waals surface area contributed by atoms with Gasteiger partial charge in [-0.3, -0.25) is 4.79 Å². The molecular weight excluding hydrogens is 224 g/mol. The number of ether oxygens (including phenoxy) is 1. The Hall–Kier alpha value is -1.31. The molecule has 0 amide bonds. The van der Waals surface area contributed by atoms with E-state index in [-0.39, 0.29) is 5.78 Å². The molecule has 98 valence electrons. The molecular formula is C16H22O2. The molecule has 2 heteroatoms. The molecule has 1 aromatic rings. The van der Waals surface area contributed by atoms with Crippen molar-refractivity contribution >= 4 is 5.78 Å². The lowest BCUT2D eigenvalue weighted by atomic mass is 9.90. The monoisotopic (exact) mass is 246 g/mol. The van der Waals surface area contributed by atoms with Crippen molar-refractivity contribution in [2.45, 2.75) is 51.9 Å². The van der Waals surface area contributed by atoms with Crippen LogP contribution in [0, 0.1) is 0 Å². The van der Waals surface area contributed by atoms with E-state index in [9.17, 15) is 4.79 Å². The zero-order valence-corrected chi connectivity index (χ0v) is 11.2. The van der Waals surface area contributed by atoms with Gasteiger partial charge in [-0.1, -0.05) is 26.2 Å². The van der Waals surface area contributed by atoms with E-state index in [4.69, 9.17) is 4.74 Å². The van der Waals surface area contributed by atoms with Crippen molar-refractivity contribution in [2.75, 3.05) is 6.61 Å². The fraction of sp³-hybridized carbons (Fsp3) is 0.562. The number of carbonyl (C=O) groups is 1. The van der Waals surface area contributed by atoms with Crippen LogP contribution in [0.3, 0.4) is 0 Å². The Kier molecular flexibility index (Phi) is 4.80. The maximum Gasteiger partial charge on any atom is 0.163 e. The minimum Gasteiger partial charge on any atom is -0.494 e. The van der Waals surface area contributed by atoms with Crippen molar-refractivity contribution < 1.29 is 9.53 Å². The second-order valence-corrected chi connectivity index (χ2v) is 5.00. The van der Waals surface area contributed by atoms with Crippen LogP contribution in [-0.2, 0) is 6.42 Å². The Bertz CT molecular complexity index is 410. The second kappa shape index (κ2) is 6.58. The third-order valence-corrected chi connectivity index (χ3v) is 3.49. The molecule has 0 aliphatic heterocycles. The smallest absolute Gasteiger partial charge is 0.163 e. The van der Waals surface area contributed by atoms with Gasteiger partial charge in [-0.2, -0.15) is 0 Å². The fourth-order valence-corrected chi connectivity index (χ4v) is 2.43. The minimum absolute atomic E-state index is 0.283. The highest BCUT2D eigenvalue weighted by Gasteiger charge is 2.17. The number of fused-ring (bicyclic) bond motifs is 1. The molecule has 0 N–H and O–H groups in total. The molecule has 0 heterocycles. The van der Waals surface area contributed by atoms with Crippen LogP contribution in [0.4, 0.5) is 0 Å². The van der Waals surface area contributed by atoms with Gasteiger partial charge in [0.15, 0.2) is 5.78 Å². The predicted octanol–water partition coefficient (Wildman–Crippen LogP) is 4.16. The van der Waals surface area contributed by atoms with Crippen molar-refractivity contribution in [2.24, 2.45) is 0 Å². The highest BCUT2D eigenvalue weighted by atomic mass is 16.5. The molecule has 0 bridgehead atoms. The number of Topliss-reactive ketones (excluding diaryl/α,β-unsaturated/α-hetero) is 1. The lowest BCUT2D eigenvalue weighted by molar-refractivity contribution is 0.0972. The summed E-state index contributed by atoms with van der Waals surface area (Å²) in [5.41, 5.74) is 2.07. The highest BCUT2D eigenvalue weighted by Crippen LogP contribution is 2.25. The van der Waals surface area contributed by atoms with E-state index < -0.39 is 0 Å². The first kappa shape index (κ1) is 13.1. The lowest BCUT2D eigenvalue weighted by Crippen LogP contribution is -2.10. The number of aryl methyl sites for hydroxylation is 1. The van der Waals surface area contributed by atoms with Crippen LogP contribution in [0.1, 0.15) is 61.4 Å². The van der Waals surface area contributed by atoms with Crippen LogP contribution in [-0.4, -0.2) is 12.4 Å². The van der Waals surface area contributed by atoms with Gasteiger partial charge in [0, 0.05) is 12.0 Å². The average molecular weight is 246 g/mol. The first-order valence-electron chi connectivity index (χ1n) is 7.10. The summed E-state index contributed by atoms with van der Waals surface area (Å²) in [5, 5.41) is 0. The summed E-state index contributed by atoms with van der Waals surface area (Å²) in [6, 6.07) is 5.91. The van der Waals surface area contributed by atoms with Gasteiger partial charge in [0.1, 0.15) is 5.75 Å². The Morgan fingerprint density at radius 2 is 2.06 bits per heavy atom. The third kappa shape index (κ3) is 3.34. The number of benzene rings is 1. The molecule has 0 unspecified atom stereocenters. The van der Waals surface area contributed by atoms with Crippen molar-refractivity contribution in [1.82, 2.24) is 0 Å². The number of hydrogen-bond donors (Lipinski definition) is 0. The van der Waals surface area contributed by atoms with E-state index in [2.05, 4.69) is 6.92 Å². The lowest BCUT2D eigenvalue weighted by Gasteiger charge is -2.15. The number of ketones is 1. The Morgan fingerprint density at radius 3 is 2.89 bits per heavy atom. The van der Waals surface area contributed by atoms with Gasteiger partial charge in [0.25, 0.3) is 0 Å². The molecule has 2 rings (SSSR count). The average Bonchev–Trinajstić information content (AvgIpc) is 2.39. The van der Waals surface area contributed by atoms with Gasteiger partial charge in [-0.25, -0.2) is 0 Å². The topological polar surface area (TPSA) is 26.3 Å². The molecule has 0 saturated carbocycles. The second-order valence-electron chi connectivity index (χ2n) is 5.00. The van der Waals surface area contributed by atoms with Crippen LogP contribution in [0.2, 0.25) is 0 Å².